The van der Waals surface area contributed by atoms with Gasteiger partial charge in [0.05, 0.1) is 11.6 Å². The van der Waals surface area contributed by atoms with E-state index >= 15 is 0 Å². The van der Waals surface area contributed by atoms with Gasteiger partial charge in [-0.15, -0.1) is 0 Å². The monoisotopic (exact) mass is 463 g/mol. The van der Waals surface area contributed by atoms with E-state index in [9.17, 15) is 9.59 Å². The number of aromatic nitrogens is 3. The van der Waals surface area contributed by atoms with Crippen molar-refractivity contribution in [3.05, 3.63) is 63.3 Å². The number of hydrogen-bond acceptors (Lipinski definition) is 4. The van der Waals surface area contributed by atoms with E-state index in [-0.39, 0.29) is 18.0 Å². The summed E-state index contributed by atoms with van der Waals surface area (Å²) in [5.74, 6) is -0.172. The Kier molecular flexibility index (Phi) is 7.51. The van der Waals surface area contributed by atoms with Crippen molar-refractivity contribution >= 4 is 16.7 Å². The van der Waals surface area contributed by atoms with E-state index in [1.807, 2.05) is 13.8 Å². The van der Waals surface area contributed by atoms with Crippen molar-refractivity contribution in [3.63, 3.8) is 0 Å². The van der Waals surface area contributed by atoms with Gasteiger partial charge < -0.3 is 14.8 Å². The van der Waals surface area contributed by atoms with E-state index in [4.69, 9.17) is 0 Å². The molecule has 1 fully saturated rings. The van der Waals surface area contributed by atoms with Gasteiger partial charge in [0.15, 0.2) is 0 Å². The Morgan fingerprint density at radius 2 is 1.88 bits per heavy atom. The molecule has 2 aromatic heterocycles. The fourth-order valence-corrected chi connectivity index (χ4v) is 5.06. The second kappa shape index (κ2) is 10.6. The molecule has 1 atom stereocenters. The lowest BCUT2D eigenvalue weighted by Gasteiger charge is -2.33. The average molecular weight is 464 g/mol. The Balaban J connectivity index is 1.41. The minimum absolute atomic E-state index is 0.0590. The van der Waals surface area contributed by atoms with Crippen LogP contribution >= 0.6 is 0 Å². The highest BCUT2D eigenvalue weighted by atomic mass is 16.2. The van der Waals surface area contributed by atoms with Crippen molar-refractivity contribution in [2.75, 3.05) is 19.6 Å². The first-order valence-corrected chi connectivity index (χ1v) is 12.5. The maximum Gasteiger partial charge on any atom is 0.276 e. The van der Waals surface area contributed by atoms with Gasteiger partial charge >= 0.3 is 0 Å². The Morgan fingerprint density at radius 3 is 2.62 bits per heavy atom. The first kappa shape index (κ1) is 24.2. The number of nitrogens with one attached hydrogen (secondary N) is 1. The molecular weight excluding hydrogens is 426 g/mol. The summed E-state index contributed by atoms with van der Waals surface area (Å²) in [4.78, 5) is 28.2. The third-order valence-electron chi connectivity index (χ3n) is 7.24. The van der Waals surface area contributed by atoms with Crippen LogP contribution < -0.4 is 10.9 Å². The van der Waals surface area contributed by atoms with Gasteiger partial charge in [0.25, 0.3) is 5.56 Å². The Bertz CT molecular complexity index is 1210. The number of nitrogens with zero attached hydrogens (tertiary/aromatic N) is 4. The van der Waals surface area contributed by atoms with Gasteiger partial charge in [0, 0.05) is 42.5 Å². The smallest absolute Gasteiger partial charge is 0.276 e. The van der Waals surface area contributed by atoms with Gasteiger partial charge in [-0.25, -0.2) is 4.68 Å². The molecule has 7 heteroatoms. The van der Waals surface area contributed by atoms with Gasteiger partial charge in [-0.2, -0.15) is 5.10 Å². The molecule has 34 heavy (non-hydrogen) atoms. The number of aryl methyl sites for hydroxylation is 3. The molecule has 182 valence electrons. The lowest BCUT2D eigenvalue weighted by atomic mass is 10.0. The molecule has 0 spiro atoms. The van der Waals surface area contributed by atoms with Crippen LogP contribution in [-0.2, 0) is 17.9 Å². The lowest BCUT2D eigenvalue weighted by Crippen LogP contribution is -2.40. The third-order valence-corrected chi connectivity index (χ3v) is 7.24. The number of carbonyl (C=O) groups is 1. The van der Waals surface area contributed by atoms with Crippen LogP contribution in [0.4, 0.5) is 0 Å². The van der Waals surface area contributed by atoms with Crippen molar-refractivity contribution in [2.24, 2.45) is 0 Å². The fraction of sp³-hybridized carbons (Fsp3) is 0.519. The Labute approximate surface area is 201 Å². The van der Waals surface area contributed by atoms with Crippen molar-refractivity contribution in [1.29, 1.82) is 0 Å². The number of benzene rings is 1. The molecule has 0 aliphatic carbocycles. The molecule has 1 saturated heterocycles. The van der Waals surface area contributed by atoms with Gasteiger partial charge in [0.1, 0.15) is 6.54 Å². The molecular formula is C27H37N5O2. The molecule has 1 aliphatic rings. The van der Waals surface area contributed by atoms with Crippen LogP contribution in [-0.4, -0.2) is 50.8 Å². The molecule has 1 amide bonds. The van der Waals surface area contributed by atoms with Gasteiger partial charge in [-0.3, -0.25) is 9.59 Å². The van der Waals surface area contributed by atoms with Crippen LogP contribution in [0.2, 0.25) is 0 Å². The van der Waals surface area contributed by atoms with Gasteiger partial charge in [-0.05, 0) is 59.1 Å². The van der Waals surface area contributed by atoms with Crippen LogP contribution in [0.5, 0.6) is 0 Å². The Hall–Kier alpha value is -2.93. The predicted molar refractivity (Wildman–Crippen MR) is 136 cm³/mol. The van der Waals surface area contributed by atoms with Crippen molar-refractivity contribution in [2.45, 2.75) is 72.5 Å². The second-order valence-corrected chi connectivity index (χ2v) is 9.72. The highest BCUT2D eigenvalue weighted by Gasteiger charge is 2.19. The minimum atomic E-state index is -0.210. The van der Waals surface area contributed by atoms with Crippen LogP contribution in [0.15, 0.2) is 35.3 Å². The van der Waals surface area contributed by atoms with Crippen molar-refractivity contribution < 1.29 is 4.79 Å². The number of amides is 1. The average Bonchev–Trinajstić information content (AvgIpc) is 3.06. The standard InChI is InChI=1S/C27H37N5O2/c1-19-9-11-23(12-10-19)17-31-21(3)24-16-29-32(27(34)26(24)22(31)4)18-25(33)28-13-7-15-30-14-6-5-8-20(30)2/h9-12,16,20H,5-8,13-15,17-18H2,1-4H3,(H,28,33). The topological polar surface area (TPSA) is 72.2 Å². The first-order valence-electron chi connectivity index (χ1n) is 12.5. The zero-order valence-corrected chi connectivity index (χ0v) is 20.9. The molecule has 1 aromatic carbocycles. The SMILES string of the molecule is Cc1ccc(Cn2c(C)c3cnn(CC(=O)NCCCN4CCCCC4C)c(=O)c3c2C)cc1. The minimum Gasteiger partial charge on any atom is -0.354 e. The van der Waals surface area contributed by atoms with E-state index < -0.39 is 0 Å². The summed E-state index contributed by atoms with van der Waals surface area (Å²) in [7, 11) is 0. The highest BCUT2D eigenvalue weighted by molar-refractivity contribution is 5.87. The molecule has 4 rings (SSSR count). The number of piperidine rings is 1. The maximum absolute atomic E-state index is 13.2. The van der Waals surface area contributed by atoms with Crippen LogP contribution in [0, 0.1) is 20.8 Å². The zero-order chi connectivity index (χ0) is 24.2. The third kappa shape index (κ3) is 5.25. The summed E-state index contributed by atoms with van der Waals surface area (Å²) in [5, 5.41) is 8.77. The molecule has 1 N–H and O–H groups in total. The predicted octanol–water partition coefficient (Wildman–Crippen LogP) is 3.55. The highest BCUT2D eigenvalue weighted by Crippen LogP contribution is 2.23. The molecule has 7 nitrogen and oxygen atoms in total. The number of fused-ring (bicyclic) bond motifs is 1. The van der Waals surface area contributed by atoms with E-state index in [1.54, 1.807) is 6.20 Å². The molecule has 3 aromatic rings. The number of carbonyl (C=O) groups excluding carboxylic acids is 1. The van der Waals surface area contributed by atoms with E-state index in [0.29, 0.717) is 24.5 Å². The largest absolute Gasteiger partial charge is 0.354 e. The van der Waals surface area contributed by atoms with Crippen LogP contribution in [0.3, 0.4) is 0 Å². The summed E-state index contributed by atoms with van der Waals surface area (Å²) in [5.41, 5.74) is 4.12. The maximum atomic E-state index is 13.2. The number of likely N-dealkylation sites (tertiary alicyclic amines) is 1. The summed E-state index contributed by atoms with van der Waals surface area (Å²) < 4.78 is 3.44. The van der Waals surface area contributed by atoms with E-state index in [1.165, 1.54) is 35.1 Å². The molecule has 0 bridgehead atoms. The van der Waals surface area contributed by atoms with Crippen LogP contribution in [0.25, 0.3) is 10.8 Å². The van der Waals surface area contributed by atoms with Crippen molar-refractivity contribution in [1.82, 2.24) is 24.6 Å². The normalized spacial score (nSPS) is 16.8. The van der Waals surface area contributed by atoms with Crippen LogP contribution in [0.1, 0.15) is 55.1 Å². The summed E-state index contributed by atoms with van der Waals surface area (Å²) in [6, 6.07) is 9.06. The molecule has 0 radical (unpaired) electrons. The number of hydrogen-bond donors (Lipinski definition) is 1. The molecule has 1 aliphatic heterocycles. The second-order valence-electron chi connectivity index (χ2n) is 9.72. The van der Waals surface area contributed by atoms with E-state index in [2.05, 4.69) is 58.0 Å². The molecule has 1 unspecified atom stereocenters. The summed E-state index contributed by atoms with van der Waals surface area (Å²) in [6.07, 6.45) is 6.47. The van der Waals surface area contributed by atoms with Gasteiger partial charge in [0.2, 0.25) is 5.91 Å². The lowest BCUT2D eigenvalue weighted by molar-refractivity contribution is -0.121. The van der Waals surface area contributed by atoms with Crippen molar-refractivity contribution in [3.8, 4) is 0 Å². The molecule has 0 saturated carbocycles. The number of rotatable bonds is 8. The van der Waals surface area contributed by atoms with Gasteiger partial charge in [-0.1, -0.05) is 36.2 Å². The quantitative estimate of drug-likeness (QED) is 0.519. The summed E-state index contributed by atoms with van der Waals surface area (Å²) in [6.45, 7) is 11.7. The molecule has 3 heterocycles. The van der Waals surface area contributed by atoms with E-state index in [0.717, 1.165) is 36.3 Å². The Morgan fingerprint density at radius 1 is 1.12 bits per heavy atom. The zero-order valence-electron chi connectivity index (χ0n) is 20.9. The first-order chi connectivity index (χ1) is 16.3. The summed E-state index contributed by atoms with van der Waals surface area (Å²) >= 11 is 0. The fourth-order valence-electron chi connectivity index (χ4n) is 5.06.